The summed E-state index contributed by atoms with van der Waals surface area (Å²) in [7, 11) is 0. The van der Waals surface area contributed by atoms with E-state index in [1.54, 1.807) is 4.57 Å². The molecule has 0 amide bonds. The summed E-state index contributed by atoms with van der Waals surface area (Å²) in [6.07, 6.45) is 3.35. The highest BCUT2D eigenvalue weighted by atomic mass is 16.5. The maximum atomic E-state index is 13.3. The lowest BCUT2D eigenvalue weighted by Gasteiger charge is -2.39. The fourth-order valence-electron chi connectivity index (χ4n) is 3.93. The zero-order chi connectivity index (χ0) is 19.1. The van der Waals surface area contributed by atoms with Crippen LogP contribution in [0.4, 0.5) is 0 Å². The van der Waals surface area contributed by atoms with Gasteiger partial charge in [0.05, 0.1) is 10.9 Å². The third-order valence-electron chi connectivity index (χ3n) is 5.10. The summed E-state index contributed by atoms with van der Waals surface area (Å²) < 4.78 is 8.10. The quantitative estimate of drug-likeness (QED) is 0.849. The van der Waals surface area contributed by atoms with Crippen molar-refractivity contribution in [1.82, 2.24) is 9.55 Å². The molecule has 3 heterocycles. The first-order chi connectivity index (χ1) is 12.3. The van der Waals surface area contributed by atoms with E-state index < -0.39 is 5.60 Å². The monoisotopic (exact) mass is 356 g/mol. The van der Waals surface area contributed by atoms with E-state index in [9.17, 15) is 9.90 Å². The van der Waals surface area contributed by atoms with Crippen LogP contribution in [0.5, 0.6) is 5.75 Å². The molecule has 2 aromatic heterocycles. The van der Waals surface area contributed by atoms with Crippen LogP contribution >= 0.6 is 0 Å². The van der Waals surface area contributed by atoms with Gasteiger partial charge in [-0.15, -0.1) is 0 Å². The summed E-state index contributed by atoms with van der Waals surface area (Å²) in [6.45, 7) is 10.6. The minimum absolute atomic E-state index is 0.0263. The number of allylic oxidation sites excluding steroid dienone is 2. The lowest BCUT2D eigenvalue weighted by atomic mass is 9.81. The number of fused-ring (bicyclic) bond motifs is 3. The van der Waals surface area contributed by atoms with Gasteiger partial charge in [-0.2, -0.15) is 0 Å². The summed E-state index contributed by atoms with van der Waals surface area (Å²) >= 11 is 0. The molecule has 0 spiro atoms. The Balaban J connectivity index is 2.38. The molecular formula is C21H28N2O3. The average molecular weight is 356 g/mol. The second kappa shape index (κ2) is 6.88. The van der Waals surface area contributed by atoms with Crippen LogP contribution in [-0.4, -0.2) is 26.9 Å². The molecule has 1 N–H and O–H groups in total. The zero-order valence-corrected chi connectivity index (χ0v) is 16.3. The van der Waals surface area contributed by atoms with Crippen molar-refractivity contribution in [1.29, 1.82) is 0 Å². The van der Waals surface area contributed by atoms with Crippen molar-refractivity contribution in [2.24, 2.45) is 0 Å². The smallest absolute Gasteiger partial charge is 0.259 e. The van der Waals surface area contributed by atoms with Crippen molar-refractivity contribution < 1.29 is 9.84 Å². The Morgan fingerprint density at radius 2 is 2.19 bits per heavy atom. The molecular weight excluding hydrogens is 328 g/mol. The second-order valence-corrected chi connectivity index (χ2v) is 7.70. The number of aryl methyl sites for hydroxylation is 2. The molecule has 0 bridgehead atoms. The first kappa shape index (κ1) is 18.6. The highest BCUT2D eigenvalue weighted by Gasteiger charge is 2.39. The SMILES string of the molecule is CCn1c(=O)c2c(c3ccc(C)nc31)O[C@@](C)(CCO)C[C@H]2C=C(C)C. The lowest BCUT2D eigenvalue weighted by molar-refractivity contribution is 0.0349. The molecule has 2 aromatic rings. The third-order valence-corrected chi connectivity index (χ3v) is 5.10. The zero-order valence-electron chi connectivity index (χ0n) is 16.3. The minimum Gasteiger partial charge on any atom is -0.486 e. The number of rotatable bonds is 4. The maximum Gasteiger partial charge on any atom is 0.259 e. The molecule has 1 aliphatic rings. The molecule has 2 atom stereocenters. The largest absolute Gasteiger partial charge is 0.486 e. The number of nitrogens with zero attached hydrogens (tertiary/aromatic N) is 2. The first-order valence-electron chi connectivity index (χ1n) is 9.28. The Morgan fingerprint density at radius 3 is 2.81 bits per heavy atom. The number of ether oxygens (including phenoxy) is 1. The van der Waals surface area contributed by atoms with Crippen molar-refractivity contribution in [3.63, 3.8) is 0 Å². The van der Waals surface area contributed by atoms with Gasteiger partial charge in [0.1, 0.15) is 17.0 Å². The molecule has 0 unspecified atom stereocenters. The Hall–Kier alpha value is -2.14. The fraction of sp³-hybridized carbons (Fsp3) is 0.524. The van der Waals surface area contributed by atoms with E-state index in [0.717, 1.165) is 11.1 Å². The molecule has 0 saturated carbocycles. The van der Waals surface area contributed by atoms with Gasteiger partial charge < -0.3 is 9.84 Å². The van der Waals surface area contributed by atoms with Crippen LogP contribution in [0.15, 0.2) is 28.6 Å². The molecule has 0 aromatic carbocycles. The molecule has 0 fully saturated rings. The normalized spacial score (nSPS) is 22.0. The highest BCUT2D eigenvalue weighted by molar-refractivity contribution is 5.84. The number of hydrogen-bond donors (Lipinski definition) is 1. The number of pyridine rings is 2. The Labute approximate surface area is 154 Å². The molecule has 0 aliphatic carbocycles. The van der Waals surface area contributed by atoms with Crippen LogP contribution in [0.25, 0.3) is 11.0 Å². The number of hydrogen-bond acceptors (Lipinski definition) is 4. The van der Waals surface area contributed by atoms with Gasteiger partial charge in [-0.25, -0.2) is 4.98 Å². The van der Waals surface area contributed by atoms with Gasteiger partial charge >= 0.3 is 0 Å². The molecule has 26 heavy (non-hydrogen) atoms. The van der Waals surface area contributed by atoms with Gasteiger partial charge in [0.2, 0.25) is 0 Å². The summed E-state index contributed by atoms with van der Waals surface area (Å²) in [5.41, 5.74) is 2.87. The minimum atomic E-state index is -0.513. The first-order valence-corrected chi connectivity index (χ1v) is 9.28. The van der Waals surface area contributed by atoms with Crippen LogP contribution in [0, 0.1) is 6.92 Å². The molecule has 1 aliphatic heterocycles. The van der Waals surface area contributed by atoms with Gasteiger partial charge in [-0.05, 0) is 53.2 Å². The third kappa shape index (κ3) is 3.16. The van der Waals surface area contributed by atoms with Gasteiger partial charge in [0.15, 0.2) is 0 Å². The topological polar surface area (TPSA) is 64.4 Å². The van der Waals surface area contributed by atoms with E-state index in [2.05, 4.69) is 11.1 Å². The molecule has 5 nitrogen and oxygen atoms in total. The van der Waals surface area contributed by atoms with E-state index >= 15 is 0 Å². The summed E-state index contributed by atoms with van der Waals surface area (Å²) in [6, 6.07) is 3.94. The maximum absolute atomic E-state index is 13.3. The van der Waals surface area contributed by atoms with Crippen molar-refractivity contribution >= 4 is 11.0 Å². The lowest BCUT2D eigenvalue weighted by Crippen LogP contribution is -2.42. The standard InChI is InChI=1S/C21H28N2O3/c1-6-23-19-16(8-7-14(4)22-19)18-17(20(23)25)15(11-13(2)3)12-21(5,26-18)9-10-24/h7-8,11,15,24H,6,9-10,12H2,1-5H3/t15-,21+/m1/s1. The number of aliphatic hydroxyl groups excluding tert-OH is 1. The Bertz CT molecular complexity index is 925. The van der Waals surface area contributed by atoms with E-state index in [1.807, 2.05) is 46.8 Å². The second-order valence-electron chi connectivity index (χ2n) is 7.70. The summed E-state index contributed by atoms with van der Waals surface area (Å²) in [5.74, 6) is 0.600. The molecule has 140 valence electrons. The van der Waals surface area contributed by atoms with Crippen LogP contribution in [0.3, 0.4) is 0 Å². The Kier molecular flexibility index (Phi) is 4.93. The van der Waals surface area contributed by atoms with Gasteiger partial charge in [0, 0.05) is 31.2 Å². The van der Waals surface area contributed by atoms with Gasteiger partial charge in [0.25, 0.3) is 5.56 Å². The van der Waals surface area contributed by atoms with E-state index in [1.165, 1.54) is 5.57 Å². The van der Waals surface area contributed by atoms with E-state index in [4.69, 9.17) is 4.74 Å². The fourth-order valence-corrected chi connectivity index (χ4v) is 3.93. The van der Waals surface area contributed by atoms with E-state index in [0.29, 0.717) is 36.3 Å². The van der Waals surface area contributed by atoms with Crippen LogP contribution in [0.1, 0.15) is 57.7 Å². The number of aromatic nitrogens is 2. The van der Waals surface area contributed by atoms with Crippen molar-refractivity contribution in [2.45, 2.75) is 65.5 Å². The Morgan fingerprint density at radius 1 is 1.46 bits per heavy atom. The van der Waals surface area contributed by atoms with Gasteiger partial charge in [-0.3, -0.25) is 9.36 Å². The summed E-state index contributed by atoms with van der Waals surface area (Å²) in [5, 5.41) is 10.4. The van der Waals surface area contributed by atoms with Crippen LogP contribution in [0.2, 0.25) is 0 Å². The number of aliphatic hydroxyl groups is 1. The van der Waals surface area contributed by atoms with Gasteiger partial charge in [-0.1, -0.05) is 11.6 Å². The van der Waals surface area contributed by atoms with Crippen LogP contribution in [-0.2, 0) is 6.54 Å². The molecule has 0 radical (unpaired) electrons. The summed E-state index contributed by atoms with van der Waals surface area (Å²) in [4.78, 5) is 17.9. The predicted molar refractivity (Wildman–Crippen MR) is 104 cm³/mol. The molecule has 5 heteroatoms. The van der Waals surface area contributed by atoms with Crippen molar-refractivity contribution in [3.8, 4) is 5.75 Å². The van der Waals surface area contributed by atoms with E-state index in [-0.39, 0.29) is 18.1 Å². The van der Waals surface area contributed by atoms with Crippen LogP contribution < -0.4 is 10.3 Å². The van der Waals surface area contributed by atoms with Crippen molar-refractivity contribution in [3.05, 3.63) is 45.4 Å². The average Bonchev–Trinajstić information content (AvgIpc) is 2.54. The molecule has 0 saturated heterocycles. The highest BCUT2D eigenvalue weighted by Crippen LogP contribution is 2.44. The molecule has 3 rings (SSSR count). The van der Waals surface area contributed by atoms with Crippen molar-refractivity contribution in [2.75, 3.05) is 6.61 Å². The predicted octanol–water partition coefficient (Wildman–Crippen LogP) is 3.70.